The average Bonchev–Trinajstić information content (AvgIpc) is 2.84. The Kier molecular flexibility index (Phi) is 13.8. The number of rotatable bonds is 18. The lowest BCUT2D eigenvalue weighted by Crippen LogP contribution is -2.08. The van der Waals surface area contributed by atoms with Crippen molar-refractivity contribution in [1.29, 1.82) is 0 Å². The number of hydrogen-bond donors (Lipinski definition) is 0. The molecule has 0 saturated heterocycles. The quantitative estimate of drug-likeness (QED) is 0.129. The average molecular weight is 455 g/mol. The van der Waals surface area contributed by atoms with Crippen LogP contribution in [0.15, 0.2) is 48.5 Å². The van der Waals surface area contributed by atoms with Crippen molar-refractivity contribution in [3.63, 3.8) is 0 Å². The Bertz CT molecular complexity index is 752. The zero-order chi connectivity index (χ0) is 23.6. The van der Waals surface area contributed by atoms with E-state index in [1.54, 1.807) is 24.3 Å². The topological polar surface area (TPSA) is 44.8 Å². The van der Waals surface area contributed by atoms with Gasteiger partial charge in [-0.3, -0.25) is 0 Å². The molecule has 2 rings (SSSR count). The Morgan fingerprint density at radius 3 is 1.42 bits per heavy atom. The highest BCUT2D eigenvalue weighted by Gasteiger charge is 2.09. The van der Waals surface area contributed by atoms with Gasteiger partial charge in [0.15, 0.2) is 0 Å². The number of esters is 1. The smallest absolute Gasteiger partial charge is 0.343 e. The molecule has 0 aliphatic rings. The fraction of sp³-hybridized carbons (Fsp3) is 0.552. The van der Waals surface area contributed by atoms with Gasteiger partial charge in [0.2, 0.25) is 0 Å². The van der Waals surface area contributed by atoms with E-state index < -0.39 is 0 Å². The monoisotopic (exact) mass is 454 g/mol. The zero-order valence-electron chi connectivity index (χ0n) is 20.7. The molecular weight excluding hydrogens is 412 g/mol. The summed E-state index contributed by atoms with van der Waals surface area (Å²) in [5, 5.41) is 0. The van der Waals surface area contributed by atoms with E-state index in [-0.39, 0.29) is 5.97 Å². The van der Waals surface area contributed by atoms with Crippen molar-refractivity contribution < 1.29 is 19.0 Å². The molecule has 0 N–H and O–H groups in total. The first-order chi connectivity index (χ1) is 16.2. The Morgan fingerprint density at radius 1 is 0.545 bits per heavy atom. The van der Waals surface area contributed by atoms with Crippen molar-refractivity contribution in [1.82, 2.24) is 0 Å². The Morgan fingerprint density at radius 2 is 0.939 bits per heavy atom. The lowest BCUT2D eigenvalue weighted by atomic mass is 10.1. The highest BCUT2D eigenvalue weighted by Crippen LogP contribution is 2.20. The summed E-state index contributed by atoms with van der Waals surface area (Å²) in [7, 11) is 0. The first-order valence-corrected chi connectivity index (χ1v) is 12.9. The fourth-order valence-corrected chi connectivity index (χ4v) is 3.60. The van der Waals surface area contributed by atoms with Crippen LogP contribution in [0.2, 0.25) is 0 Å². The molecule has 2 aromatic rings. The van der Waals surface area contributed by atoms with Crippen molar-refractivity contribution in [3.05, 3.63) is 54.1 Å². The van der Waals surface area contributed by atoms with Gasteiger partial charge >= 0.3 is 5.97 Å². The predicted molar refractivity (Wildman–Crippen MR) is 136 cm³/mol. The molecule has 4 heteroatoms. The third-order valence-corrected chi connectivity index (χ3v) is 5.66. The van der Waals surface area contributed by atoms with Gasteiger partial charge in [-0.25, -0.2) is 4.79 Å². The van der Waals surface area contributed by atoms with E-state index in [2.05, 4.69) is 13.8 Å². The van der Waals surface area contributed by atoms with Gasteiger partial charge in [-0.1, -0.05) is 78.1 Å². The molecule has 0 saturated carbocycles. The van der Waals surface area contributed by atoms with Crippen molar-refractivity contribution in [3.8, 4) is 17.2 Å². The molecule has 0 heterocycles. The molecule has 2 aromatic carbocycles. The van der Waals surface area contributed by atoms with Crippen LogP contribution in [-0.4, -0.2) is 19.2 Å². The molecule has 4 nitrogen and oxygen atoms in total. The molecule has 0 unspecified atom stereocenters. The van der Waals surface area contributed by atoms with E-state index in [1.807, 2.05) is 24.3 Å². The molecule has 0 aliphatic carbocycles. The summed E-state index contributed by atoms with van der Waals surface area (Å²) in [6, 6.07) is 14.4. The van der Waals surface area contributed by atoms with Crippen LogP contribution in [0, 0.1) is 0 Å². The zero-order valence-corrected chi connectivity index (χ0v) is 20.7. The molecule has 0 bridgehead atoms. The lowest BCUT2D eigenvalue weighted by molar-refractivity contribution is 0.0734. The first-order valence-electron chi connectivity index (χ1n) is 12.9. The number of ether oxygens (including phenoxy) is 3. The number of hydrogen-bond acceptors (Lipinski definition) is 4. The molecule has 182 valence electrons. The summed E-state index contributed by atoms with van der Waals surface area (Å²) in [5.41, 5.74) is 0.505. The molecular formula is C29H42O4. The SMILES string of the molecule is CCCCCCCCCOc1ccc(C(=O)Oc2ccc(OCCCCCCC)cc2)cc1. The number of benzene rings is 2. The third-order valence-electron chi connectivity index (χ3n) is 5.66. The number of carbonyl (C=O) groups is 1. The van der Waals surface area contributed by atoms with Crippen LogP contribution in [-0.2, 0) is 0 Å². The Labute approximate surface area is 200 Å². The summed E-state index contributed by atoms with van der Waals surface area (Å²) in [4.78, 5) is 12.4. The molecule has 0 aromatic heterocycles. The number of carbonyl (C=O) groups excluding carboxylic acids is 1. The van der Waals surface area contributed by atoms with Crippen LogP contribution < -0.4 is 14.2 Å². The van der Waals surface area contributed by atoms with E-state index in [9.17, 15) is 4.79 Å². The maximum absolute atomic E-state index is 12.4. The van der Waals surface area contributed by atoms with Crippen molar-refractivity contribution in [2.45, 2.75) is 90.9 Å². The molecule has 0 spiro atoms. The second kappa shape index (κ2) is 17.0. The van der Waals surface area contributed by atoms with Gasteiger partial charge in [0.05, 0.1) is 18.8 Å². The summed E-state index contributed by atoms with van der Waals surface area (Å²) in [5.74, 6) is 1.72. The molecule has 0 radical (unpaired) electrons. The van der Waals surface area contributed by atoms with Gasteiger partial charge in [-0.05, 0) is 61.4 Å². The van der Waals surface area contributed by atoms with E-state index >= 15 is 0 Å². The highest BCUT2D eigenvalue weighted by molar-refractivity contribution is 5.91. The van der Waals surface area contributed by atoms with E-state index in [4.69, 9.17) is 14.2 Å². The summed E-state index contributed by atoms with van der Waals surface area (Å²) in [6.07, 6.45) is 14.9. The fourth-order valence-electron chi connectivity index (χ4n) is 3.60. The van der Waals surface area contributed by atoms with E-state index in [0.29, 0.717) is 17.9 Å². The van der Waals surface area contributed by atoms with Crippen LogP contribution in [0.5, 0.6) is 17.2 Å². The minimum Gasteiger partial charge on any atom is -0.494 e. The Balaban J connectivity index is 1.65. The number of unbranched alkanes of at least 4 members (excludes halogenated alkanes) is 10. The summed E-state index contributed by atoms with van der Waals surface area (Å²) in [6.45, 7) is 5.89. The summed E-state index contributed by atoms with van der Waals surface area (Å²) < 4.78 is 17.0. The second-order valence-corrected chi connectivity index (χ2v) is 8.62. The highest BCUT2D eigenvalue weighted by atomic mass is 16.5. The standard InChI is InChI=1S/C29H42O4/c1-3-5-7-9-10-12-14-24-31-26-17-15-25(16-18-26)29(30)33-28-21-19-27(20-22-28)32-23-13-11-8-6-4-2/h15-22H,3-14,23-24H2,1-2H3. The van der Waals surface area contributed by atoms with Gasteiger partial charge in [-0.15, -0.1) is 0 Å². The van der Waals surface area contributed by atoms with Crippen LogP contribution in [0.25, 0.3) is 0 Å². The van der Waals surface area contributed by atoms with Gasteiger partial charge in [0, 0.05) is 0 Å². The van der Waals surface area contributed by atoms with Gasteiger partial charge < -0.3 is 14.2 Å². The van der Waals surface area contributed by atoms with Crippen molar-refractivity contribution >= 4 is 5.97 Å². The Hall–Kier alpha value is -2.49. The van der Waals surface area contributed by atoms with Crippen LogP contribution >= 0.6 is 0 Å². The van der Waals surface area contributed by atoms with Crippen LogP contribution in [0.3, 0.4) is 0 Å². The molecule has 0 aliphatic heterocycles. The third kappa shape index (κ3) is 11.8. The maximum Gasteiger partial charge on any atom is 0.343 e. The lowest BCUT2D eigenvalue weighted by Gasteiger charge is -2.09. The van der Waals surface area contributed by atoms with Crippen LogP contribution in [0.4, 0.5) is 0 Å². The van der Waals surface area contributed by atoms with Gasteiger partial charge in [0.25, 0.3) is 0 Å². The van der Waals surface area contributed by atoms with Gasteiger partial charge in [0.1, 0.15) is 17.2 Å². The minimum atomic E-state index is -0.377. The first kappa shape index (κ1) is 26.8. The molecule has 0 atom stereocenters. The normalized spacial score (nSPS) is 10.7. The second-order valence-electron chi connectivity index (χ2n) is 8.62. The largest absolute Gasteiger partial charge is 0.494 e. The summed E-state index contributed by atoms with van der Waals surface area (Å²) >= 11 is 0. The van der Waals surface area contributed by atoms with E-state index in [1.165, 1.54) is 64.2 Å². The van der Waals surface area contributed by atoms with Crippen molar-refractivity contribution in [2.24, 2.45) is 0 Å². The molecule has 0 amide bonds. The predicted octanol–water partition coefficient (Wildman–Crippen LogP) is 8.38. The maximum atomic E-state index is 12.4. The van der Waals surface area contributed by atoms with E-state index in [0.717, 1.165) is 30.9 Å². The molecule has 0 fully saturated rings. The van der Waals surface area contributed by atoms with Crippen molar-refractivity contribution in [2.75, 3.05) is 13.2 Å². The van der Waals surface area contributed by atoms with Crippen LogP contribution in [0.1, 0.15) is 101 Å². The van der Waals surface area contributed by atoms with Gasteiger partial charge in [-0.2, -0.15) is 0 Å². The molecule has 33 heavy (non-hydrogen) atoms. The minimum absolute atomic E-state index is 0.377.